The van der Waals surface area contributed by atoms with Crippen molar-refractivity contribution in [2.45, 2.75) is 17.8 Å². The topological polar surface area (TPSA) is 102 Å². The maximum absolute atomic E-state index is 11.6. The van der Waals surface area contributed by atoms with Gasteiger partial charge in [0, 0.05) is 11.9 Å². The van der Waals surface area contributed by atoms with E-state index >= 15 is 0 Å². The number of aromatic nitrogens is 2. The van der Waals surface area contributed by atoms with Crippen LogP contribution in [0, 0.1) is 11.3 Å². The quantitative estimate of drug-likeness (QED) is 0.513. The van der Waals surface area contributed by atoms with E-state index in [1.165, 1.54) is 18.0 Å². The second-order valence-electron chi connectivity index (χ2n) is 4.27. The Morgan fingerprint density at radius 1 is 1.41 bits per heavy atom. The lowest BCUT2D eigenvalue weighted by atomic mass is 10.2. The van der Waals surface area contributed by atoms with Gasteiger partial charge in [0.2, 0.25) is 0 Å². The van der Waals surface area contributed by atoms with Crippen molar-refractivity contribution in [1.29, 1.82) is 5.26 Å². The van der Waals surface area contributed by atoms with E-state index in [2.05, 4.69) is 16.0 Å². The Morgan fingerprint density at radius 2 is 2.14 bits per heavy atom. The monoisotopic (exact) mass is 314 g/mol. The summed E-state index contributed by atoms with van der Waals surface area (Å²) in [6.07, 6.45) is 1.38. The molecule has 0 fully saturated rings. The molecule has 0 radical (unpaired) electrons. The van der Waals surface area contributed by atoms with Crippen molar-refractivity contribution >= 4 is 23.5 Å². The average Bonchev–Trinajstić information content (AvgIpc) is 2.53. The second-order valence-corrected chi connectivity index (χ2v) is 5.21. The van der Waals surface area contributed by atoms with Crippen LogP contribution in [0.3, 0.4) is 0 Å². The molecule has 112 valence electrons. The molecule has 1 aromatic heterocycles. The number of ether oxygens (including phenoxy) is 1. The van der Waals surface area contributed by atoms with Gasteiger partial charge in [-0.05, 0) is 24.6 Å². The highest BCUT2D eigenvalue weighted by Gasteiger charge is 2.13. The lowest BCUT2D eigenvalue weighted by Gasteiger charge is -2.06. The van der Waals surface area contributed by atoms with E-state index in [4.69, 9.17) is 15.7 Å². The number of nitriles is 1. The number of hydrogen-bond acceptors (Lipinski definition) is 7. The van der Waals surface area contributed by atoms with Crippen LogP contribution >= 0.6 is 11.8 Å². The van der Waals surface area contributed by atoms with Gasteiger partial charge in [-0.3, -0.25) is 0 Å². The largest absolute Gasteiger partial charge is 0.462 e. The molecule has 0 bridgehead atoms. The van der Waals surface area contributed by atoms with E-state index in [0.717, 1.165) is 5.56 Å². The highest BCUT2D eigenvalue weighted by Crippen LogP contribution is 2.21. The molecule has 22 heavy (non-hydrogen) atoms. The van der Waals surface area contributed by atoms with Crippen molar-refractivity contribution in [3.63, 3.8) is 0 Å². The van der Waals surface area contributed by atoms with Crippen LogP contribution in [0.5, 0.6) is 0 Å². The minimum atomic E-state index is -0.524. The molecule has 0 aliphatic carbocycles. The van der Waals surface area contributed by atoms with E-state index in [-0.39, 0.29) is 18.0 Å². The van der Waals surface area contributed by atoms with Gasteiger partial charge in [0.25, 0.3) is 0 Å². The average molecular weight is 314 g/mol. The van der Waals surface area contributed by atoms with E-state index in [1.807, 2.05) is 12.1 Å². The first kappa shape index (κ1) is 15.8. The molecule has 0 saturated heterocycles. The number of carbonyl (C=O) groups is 1. The zero-order valence-corrected chi connectivity index (χ0v) is 12.8. The summed E-state index contributed by atoms with van der Waals surface area (Å²) in [7, 11) is 0. The number of nitrogens with zero attached hydrogens (tertiary/aromatic N) is 3. The third-order valence-corrected chi connectivity index (χ3v) is 3.68. The van der Waals surface area contributed by atoms with E-state index in [0.29, 0.717) is 16.5 Å². The van der Waals surface area contributed by atoms with Crippen LogP contribution in [0.1, 0.15) is 28.4 Å². The van der Waals surface area contributed by atoms with Gasteiger partial charge in [-0.2, -0.15) is 5.26 Å². The Balaban J connectivity index is 2.03. The van der Waals surface area contributed by atoms with Crippen molar-refractivity contribution < 1.29 is 9.53 Å². The third-order valence-electron chi connectivity index (χ3n) is 2.74. The number of hydrogen-bond donors (Lipinski definition) is 1. The van der Waals surface area contributed by atoms with Crippen molar-refractivity contribution in [3.8, 4) is 6.07 Å². The first-order valence-corrected chi connectivity index (χ1v) is 7.54. The van der Waals surface area contributed by atoms with Gasteiger partial charge in [-0.1, -0.05) is 23.9 Å². The highest BCUT2D eigenvalue weighted by atomic mass is 32.2. The minimum Gasteiger partial charge on any atom is -0.462 e. The SMILES string of the molecule is CCOC(=O)c1cnc(SCc2ccc(C#N)cc2)nc1N. The number of thioether (sulfide) groups is 1. The molecule has 0 aliphatic heterocycles. The van der Waals surface area contributed by atoms with Crippen LogP contribution in [-0.2, 0) is 10.5 Å². The van der Waals surface area contributed by atoms with Crippen LogP contribution in [0.25, 0.3) is 0 Å². The van der Waals surface area contributed by atoms with E-state index in [1.54, 1.807) is 19.1 Å². The van der Waals surface area contributed by atoms with Crippen LogP contribution in [0.4, 0.5) is 5.82 Å². The number of nitrogen functional groups attached to an aromatic ring is 1. The summed E-state index contributed by atoms with van der Waals surface area (Å²) in [6.45, 7) is 1.99. The fraction of sp³-hybridized carbons (Fsp3) is 0.200. The van der Waals surface area contributed by atoms with Gasteiger partial charge in [0.05, 0.1) is 18.2 Å². The Morgan fingerprint density at radius 3 is 2.73 bits per heavy atom. The van der Waals surface area contributed by atoms with Gasteiger partial charge in [0.1, 0.15) is 11.4 Å². The minimum absolute atomic E-state index is 0.107. The third kappa shape index (κ3) is 3.96. The fourth-order valence-electron chi connectivity index (χ4n) is 1.64. The maximum Gasteiger partial charge on any atom is 0.343 e. The molecule has 2 aromatic rings. The zero-order valence-electron chi connectivity index (χ0n) is 11.9. The van der Waals surface area contributed by atoms with Crippen molar-refractivity contribution in [3.05, 3.63) is 47.2 Å². The predicted molar refractivity (Wildman–Crippen MR) is 83.1 cm³/mol. The molecule has 0 amide bonds. The Bertz CT molecular complexity index is 710. The fourth-order valence-corrected chi connectivity index (χ4v) is 2.42. The normalized spacial score (nSPS) is 10.0. The molecule has 0 atom stereocenters. The lowest BCUT2D eigenvalue weighted by Crippen LogP contribution is -2.10. The number of anilines is 1. The molecule has 6 nitrogen and oxygen atoms in total. The molecule has 7 heteroatoms. The summed E-state index contributed by atoms with van der Waals surface area (Å²) in [5.41, 5.74) is 7.59. The molecule has 2 rings (SSSR count). The summed E-state index contributed by atoms with van der Waals surface area (Å²) in [6, 6.07) is 9.34. The highest BCUT2D eigenvalue weighted by molar-refractivity contribution is 7.98. The summed E-state index contributed by atoms with van der Waals surface area (Å²) in [4.78, 5) is 19.8. The standard InChI is InChI=1S/C15H14N4O2S/c1-2-21-14(20)12-8-18-15(19-13(12)17)22-9-11-5-3-10(7-16)4-6-11/h3-6,8H,2,9H2,1H3,(H2,17,18,19). The molecule has 0 spiro atoms. The molecule has 0 unspecified atom stereocenters. The molecular weight excluding hydrogens is 300 g/mol. The molecule has 2 N–H and O–H groups in total. The zero-order chi connectivity index (χ0) is 15.9. The summed E-state index contributed by atoms with van der Waals surface area (Å²) in [5.74, 6) is 0.226. The summed E-state index contributed by atoms with van der Waals surface area (Å²) < 4.78 is 4.87. The first-order chi connectivity index (χ1) is 10.6. The molecular formula is C15H14N4O2S. The van der Waals surface area contributed by atoms with E-state index in [9.17, 15) is 4.79 Å². The molecule has 1 heterocycles. The number of carbonyl (C=O) groups excluding carboxylic acids is 1. The van der Waals surface area contributed by atoms with Crippen LogP contribution < -0.4 is 5.73 Å². The second kappa shape index (κ2) is 7.43. The van der Waals surface area contributed by atoms with Crippen molar-refractivity contribution in [2.75, 3.05) is 12.3 Å². The van der Waals surface area contributed by atoms with Gasteiger partial charge >= 0.3 is 5.97 Å². The number of benzene rings is 1. The number of nitrogens with two attached hydrogens (primary N) is 1. The molecule has 0 saturated carbocycles. The van der Waals surface area contributed by atoms with Crippen LogP contribution in [-0.4, -0.2) is 22.5 Å². The molecule has 1 aromatic carbocycles. The molecule has 0 aliphatic rings. The predicted octanol–water partition coefficient (Wildman–Crippen LogP) is 2.40. The Labute approximate surface area is 132 Å². The van der Waals surface area contributed by atoms with Gasteiger partial charge < -0.3 is 10.5 Å². The summed E-state index contributed by atoms with van der Waals surface area (Å²) >= 11 is 1.40. The van der Waals surface area contributed by atoms with Crippen LogP contribution in [0.2, 0.25) is 0 Å². The van der Waals surface area contributed by atoms with Gasteiger partial charge in [-0.25, -0.2) is 14.8 Å². The smallest absolute Gasteiger partial charge is 0.343 e. The van der Waals surface area contributed by atoms with Crippen LogP contribution in [0.15, 0.2) is 35.6 Å². The van der Waals surface area contributed by atoms with E-state index < -0.39 is 5.97 Å². The number of esters is 1. The lowest BCUT2D eigenvalue weighted by molar-refractivity contribution is 0.0526. The number of rotatable bonds is 5. The Kier molecular flexibility index (Phi) is 5.33. The van der Waals surface area contributed by atoms with Crippen molar-refractivity contribution in [1.82, 2.24) is 9.97 Å². The van der Waals surface area contributed by atoms with Gasteiger partial charge in [0.15, 0.2) is 5.16 Å². The van der Waals surface area contributed by atoms with Crippen molar-refractivity contribution in [2.24, 2.45) is 0 Å². The summed E-state index contributed by atoms with van der Waals surface area (Å²) in [5, 5.41) is 9.23. The van der Waals surface area contributed by atoms with Gasteiger partial charge in [-0.15, -0.1) is 0 Å². The maximum atomic E-state index is 11.6. The first-order valence-electron chi connectivity index (χ1n) is 6.55. The Hall–Kier alpha value is -2.59.